The molecule has 20 heavy (non-hydrogen) atoms. The second-order valence-corrected chi connectivity index (χ2v) is 4.94. The van der Waals surface area contributed by atoms with E-state index in [0.717, 1.165) is 24.0 Å². The summed E-state index contributed by atoms with van der Waals surface area (Å²) < 4.78 is 18.3. The lowest BCUT2D eigenvalue weighted by molar-refractivity contribution is -0.137. The molecule has 4 heteroatoms. The van der Waals surface area contributed by atoms with Crippen molar-refractivity contribution in [2.75, 3.05) is 20.7 Å². The van der Waals surface area contributed by atoms with E-state index in [9.17, 15) is 9.18 Å². The Morgan fingerprint density at radius 1 is 1.40 bits per heavy atom. The minimum absolute atomic E-state index is 0.274. The second kappa shape index (κ2) is 8.48. The number of nitrogens with zero attached hydrogens (tertiary/aromatic N) is 1. The van der Waals surface area contributed by atoms with Gasteiger partial charge in [0, 0.05) is 12.6 Å². The lowest BCUT2D eigenvalue weighted by atomic mass is 10.1. The molecule has 1 rings (SSSR count). The predicted molar refractivity (Wildman–Crippen MR) is 78.7 cm³/mol. The van der Waals surface area contributed by atoms with Gasteiger partial charge < -0.3 is 9.64 Å². The highest BCUT2D eigenvalue weighted by Gasteiger charge is 2.04. The van der Waals surface area contributed by atoms with Gasteiger partial charge in [0.1, 0.15) is 5.82 Å². The third-order valence-corrected chi connectivity index (χ3v) is 2.73. The molecule has 0 amide bonds. The van der Waals surface area contributed by atoms with Crippen molar-refractivity contribution in [1.29, 1.82) is 0 Å². The Morgan fingerprint density at radius 2 is 2.15 bits per heavy atom. The Hall–Kier alpha value is -1.68. The van der Waals surface area contributed by atoms with E-state index in [0.29, 0.717) is 13.2 Å². The van der Waals surface area contributed by atoms with Crippen LogP contribution in [0.4, 0.5) is 4.39 Å². The average molecular weight is 279 g/mol. The van der Waals surface area contributed by atoms with E-state index >= 15 is 0 Å². The van der Waals surface area contributed by atoms with E-state index in [1.165, 1.54) is 18.2 Å². The number of hydrogen-bond donors (Lipinski definition) is 0. The molecule has 110 valence electrons. The molecule has 0 saturated heterocycles. The number of carbonyl (C=O) groups excluding carboxylic acids is 1. The van der Waals surface area contributed by atoms with Crippen LogP contribution >= 0.6 is 0 Å². The lowest BCUT2D eigenvalue weighted by Gasteiger charge is -2.12. The number of ether oxygens (including phenoxy) is 1. The van der Waals surface area contributed by atoms with Crippen LogP contribution in [0.1, 0.15) is 30.9 Å². The van der Waals surface area contributed by atoms with Gasteiger partial charge in [-0.2, -0.15) is 0 Å². The molecule has 0 aliphatic carbocycles. The van der Waals surface area contributed by atoms with Gasteiger partial charge >= 0.3 is 5.97 Å². The van der Waals surface area contributed by atoms with E-state index in [1.807, 2.05) is 25.9 Å². The molecule has 1 aromatic rings. The van der Waals surface area contributed by atoms with Crippen molar-refractivity contribution in [3.8, 4) is 0 Å². The zero-order chi connectivity index (χ0) is 15.0. The van der Waals surface area contributed by atoms with Crippen molar-refractivity contribution >= 4 is 12.0 Å². The molecule has 0 spiro atoms. The number of carbonyl (C=O) groups is 1. The SMILES string of the molecule is CCCCOC(=O)/C=C/c1ccc(F)cc1CN(C)C. The van der Waals surface area contributed by atoms with Crippen LogP contribution in [0.3, 0.4) is 0 Å². The van der Waals surface area contributed by atoms with E-state index in [2.05, 4.69) is 0 Å². The fraction of sp³-hybridized carbons (Fsp3) is 0.438. The molecule has 3 nitrogen and oxygen atoms in total. The first-order valence-electron chi connectivity index (χ1n) is 6.81. The zero-order valence-corrected chi connectivity index (χ0v) is 12.4. The fourth-order valence-electron chi connectivity index (χ4n) is 1.74. The molecule has 0 radical (unpaired) electrons. The number of hydrogen-bond acceptors (Lipinski definition) is 3. The van der Waals surface area contributed by atoms with E-state index in [1.54, 1.807) is 12.1 Å². The summed E-state index contributed by atoms with van der Waals surface area (Å²) in [5.41, 5.74) is 1.67. The van der Waals surface area contributed by atoms with Crippen LogP contribution in [0, 0.1) is 5.82 Å². The normalized spacial score (nSPS) is 11.2. The molecule has 0 bridgehead atoms. The highest BCUT2D eigenvalue weighted by atomic mass is 19.1. The summed E-state index contributed by atoms with van der Waals surface area (Å²) in [6, 6.07) is 4.55. The van der Waals surface area contributed by atoms with Crippen LogP contribution in [0.25, 0.3) is 6.08 Å². The second-order valence-electron chi connectivity index (χ2n) is 4.94. The maximum atomic E-state index is 13.3. The van der Waals surface area contributed by atoms with Crippen LogP contribution < -0.4 is 0 Å². The molecule has 0 aromatic heterocycles. The maximum Gasteiger partial charge on any atom is 0.330 e. The molecule has 0 saturated carbocycles. The third kappa shape index (κ3) is 5.97. The predicted octanol–water partition coefficient (Wildman–Crippen LogP) is 3.24. The summed E-state index contributed by atoms with van der Waals surface area (Å²) in [7, 11) is 3.83. The van der Waals surface area contributed by atoms with E-state index in [4.69, 9.17) is 4.74 Å². The van der Waals surface area contributed by atoms with Gasteiger partial charge in [-0.05, 0) is 49.9 Å². The summed E-state index contributed by atoms with van der Waals surface area (Å²) in [5, 5.41) is 0. The standard InChI is InChI=1S/C16H22FNO2/c1-4-5-10-20-16(19)9-7-13-6-8-15(17)11-14(13)12-18(2)3/h6-9,11H,4-5,10,12H2,1-3H3/b9-7+. The van der Waals surface area contributed by atoms with Crippen molar-refractivity contribution < 1.29 is 13.9 Å². The van der Waals surface area contributed by atoms with Crippen LogP contribution in [0.15, 0.2) is 24.3 Å². The Balaban J connectivity index is 2.72. The van der Waals surface area contributed by atoms with Crippen molar-refractivity contribution in [3.63, 3.8) is 0 Å². The Kier molecular flexibility index (Phi) is 6.94. The van der Waals surface area contributed by atoms with Gasteiger partial charge in [-0.25, -0.2) is 9.18 Å². The maximum absolute atomic E-state index is 13.3. The molecule has 1 aromatic carbocycles. The zero-order valence-electron chi connectivity index (χ0n) is 12.4. The van der Waals surface area contributed by atoms with Crippen LogP contribution in [0.5, 0.6) is 0 Å². The number of benzene rings is 1. The molecule has 0 fully saturated rings. The smallest absolute Gasteiger partial charge is 0.330 e. The Bertz CT molecular complexity index is 470. The topological polar surface area (TPSA) is 29.5 Å². The highest BCUT2D eigenvalue weighted by Crippen LogP contribution is 2.15. The molecule has 0 heterocycles. The van der Waals surface area contributed by atoms with Gasteiger partial charge in [-0.3, -0.25) is 0 Å². The molecular formula is C16H22FNO2. The first-order chi connectivity index (χ1) is 9.52. The van der Waals surface area contributed by atoms with Crippen molar-refractivity contribution in [1.82, 2.24) is 4.90 Å². The quantitative estimate of drug-likeness (QED) is 0.436. The van der Waals surface area contributed by atoms with Crippen LogP contribution in [0.2, 0.25) is 0 Å². The van der Waals surface area contributed by atoms with Gasteiger partial charge in [-0.1, -0.05) is 19.4 Å². The monoisotopic (exact) mass is 279 g/mol. The molecule has 0 N–H and O–H groups in total. The fourth-order valence-corrected chi connectivity index (χ4v) is 1.74. The van der Waals surface area contributed by atoms with E-state index in [-0.39, 0.29) is 11.8 Å². The van der Waals surface area contributed by atoms with Crippen molar-refractivity contribution in [2.45, 2.75) is 26.3 Å². The minimum atomic E-state index is -0.362. The summed E-state index contributed by atoms with van der Waals surface area (Å²) in [6.45, 7) is 3.09. The summed E-state index contributed by atoms with van der Waals surface area (Å²) in [6.07, 6.45) is 4.92. The third-order valence-electron chi connectivity index (χ3n) is 2.73. The highest BCUT2D eigenvalue weighted by molar-refractivity contribution is 5.87. The first-order valence-corrected chi connectivity index (χ1v) is 6.81. The number of halogens is 1. The minimum Gasteiger partial charge on any atom is -0.463 e. The summed E-state index contributed by atoms with van der Waals surface area (Å²) in [4.78, 5) is 13.4. The molecule has 0 aliphatic rings. The van der Waals surface area contributed by atoms with Crippen molar-refractivity contribution in [2.24, 2.45) is 0 Å². The van der Waals surface area contributed by atoms with E-state index < -0.39 is 0 Å². The number of esters is 1. The van der Waals surface area contributed by atoms with Crippen molar-refractivity contribution in [3.05, 3.63) is 41.2 Å². The molecular weight excluding hydrogens is 257 g/mol. The van der Waals surface area contributed by atoms with Crippen LogP contribution in [-0.2, 0) is 16.1 Å². The number of rotatable bonds is 7. The van der Waals surface area contributed by atoms with Gasteiger partial charge in [0.2, 0.25) is 0 Å². The van der Waals surface area contributed by atoms with Gasteiger partial charge in [-0.15, -0.1) is 0 Å². The average Bonchev–Trinajstić information content (AvgIpc) is 2.37. The Labute approximate surface area is 120 Å². The first kappa shape index (κ1) is 16.4. The largest absolute Gasteiger partial charge is 0.463 e. The molecule has 0 atom stereocenters. The Morgan fingerprint density at radius 3 is 2.80 bits per heavy atom. The molecule has 0 aliphatic heterocycles. The van der Waals surface area contributed by atoms with Gasteiger partial charge in [0.15, 0.2) is 0 Å². The molecule has 0 unspecified atom stereocenters. The van der Waals surface area contributed by atoms with Crippen LogP contribution in [-0.4, -0.2) is 31.6 Å². The summed E-state index contributed by atoms with van der Waals surface area (Å²) >= 11 is 0. The number of unbranched alkanes of at least 4 members (excludes halogenated alkanes) is 1. The van der Waals surface area contributed by atoms with Gasteiger partial charge in [0.25, 0.3) is 0 Å². The summed E-state index contributed by atoms with van der Waals surface area (Å²) in [5.74, 6) is -0.636. The lowest BCUT2D eigenvalue weighted by Crippen LogP contribution is -2.12. The van der Waals surface area contributed by atoms with Gasteiger partial charge in [0.05, 0.1) is 6.61 Å².